The van der Waals surface area contributed by atoms with E-state index < -0.39 is 0 Å². The Bertz CT molecular complexity index is 230. The van der Waals surface area contributed by atoms with Crippen LogP contribution < -0.4 is 10.6 Å². The van der Waals surface area contributed by atoms with E-state index in [1.807, 2.05) is 11.8 Å². The average Bonchev–Trinajstić information content (AvgIpc) is 2.45. The molecule has 0 aromatic heterocycles. The monoisotopic (exact) mass is 306 g/mol. The molecule has 0 radical (unpaired) electrons. The van der Waals surface area contributed by atoms with Crippen molar-refractivity contribution in [3.05, 3.63) is 0 Å². The number of halogens is 1. The lowest BCUT2D eigenvalue weighted by Gasteiger charge is -2.23. The molecule has 0 spiro atoms. The maximum atomic E-state index is 11.8. The largest absolute Gasteiger partial charge is 0.356 e. The maximum Gasteiger partial charge on any atom is 0.220 e. The zero-order valence-electron chi connectivity index (χ0n) is 11.7. The van der Waals surface area contributed by atoms with Crippen molar-refractivity contribution in [2.45, 2.75) is 38.5 Å². The van der Waals surface area contributed by atoms with Gasteiger partial charge in [0.25, 0.3) is 0 Å². The second kappa shape index (κ2) is 9.89. The van der Waals surface area contributed by atoms with Crippen LogP contribution >= 0.6 is 24.2 Å². The van der Waals surface area contributed by atoms with E-state index >= 15 is 0 Å². The highest BCUT2D eigenvalue weighted by Gasteiger charge is 2.16. The highest BCUT2D eigenvalue weighted by atomic mass is 35.5. The van der Waals surface area contributed by atoms with Gasteiger partial charge in [-0.3, -0.25) is 4.79 Å². The lowest BCUT2D eigenvalue weighted by Crippen LogP contribution is -2.32. The van der Waals surface area contributed by atoms with Crippen molar-refractivity contribution in [2.24, 2.45) is 11.8 Å². The molecule has 2 rings (SSSR count). The Morgan fingerprint density at radius 1 is 1.11 bits per heavy atom. The van der Waals surface area contributed by atoms with Gasteiger partial charge in [-0.1, -0.05) is 0 Å². The normalized spacial score (nSPS) is 21.7. The van der Waals surface area contributed by atoms with Crippen LogP contribution in [-0.2, 0) is 4.79 Å². The summed E-state index contributed by atoms with van der Waals surface area (Å²) in [5, 5.41) is 6.50. The van der Waals surface area contributed by atoms with E-state index in [0.717, 1.165) is 44.3 Å². The van der Waals surface area contributed by atoms with E-state index in [1.165, 1.54) is 37.2 Å². The fourth-order valence-electron chi connectivity index (χ4n) is 2.80. The molecule has 1 amide bonds. The first-order valence-corrected chi connectivity index (χ1v) is 8.55. The Kier molecular flexibility index (Phi) is 8.92. The third-order valence-electron chi connectivity index (χ3n) is 4.17. The lowest BCUT2D eigenvalue weighted by atomic mass is 9.93. The number of rotatable bonds is 5. The molecule has 2 heterocycles. The van der Waals surface area contributed by atoms with Crippen LogP contribution in [0.4, 0.5) is 0 Å². The van der Waals surface area contributed by atoms with Gasteiger partial charge >= 0.3 is 0 Å². The van der Waals surface area contributed by atoms with E-state index in [-0.39, 0.29) is 18.3 Å². The highest BCUT2D eigenvalue weighted by Crippen LogP contribution is 2.22. The molecule has 2 N–H and O–H groups in total. The van der Waals surface area contributed by atoms with Gasteiger partial charge in [-0.2, -0.15) is 11.8 Å². The van der Waals surface area contributed by atoms with E-state index in [9.17, 15) is 4.79 Å². The molecule has 5 heteroatoms. The van der Waals surface area contributed by atoms with Crippen LogP contribution in [0.2, 0.25) is 0 Å². The molecule has 112 valence electrons. The molecule has 2 fully saturated rings. The standard InChI is InChI=1S/C14H26N2OS.ClH/c17-14(2-1-12-3-7-15-8-4-12)16-11-13-5-9-18-10-6-13;/h12-13,15H,1-11H2,(H,16,17);1H. The van der Waals surface area contributed by atoms with Crippen LogP contribution in [0.25, 0.3) is 0 Å². The van der Waals surface area contributed by atoms with Crippen LogP contribution in [0.3, 0.4) is 0 Å². The predicted octanol–water partition coefficient (Wildman–Crippen LogP) is 2.45. The van der Waals surface area contributed by atoms with E-state index in [2.05, 4.69) is 10.6 Å². The van der Waals surface area contributed by atoms with Gasteiger partial charge in [0.05, 0.1) is 0 Å². The molecule has 0 bridgehead atoms. The summed E-state index contributed by atoms with van der Waals surface area (Å²) in [4.78, 5) is 11.8. The van der Waals surface area contributed by atoms with Gasteiger partial charge in [0.15, 0.2) is 0 Å². The summed E-state index contributed by atoms with van der Waals surface area (Å²) in [6, 6.07) is 0. The van der Waals surface area contributed by atoms with Crippen LogP contribution in [0.15, 0.2) is 0 Å². The van der Waals surface area contributed by atoms with Gasteiger partial charge in [-0.25, -0.2) is 0 Å². The van der Waals surface area contributed by atoms with Crippen LogP contribution in [0.1, 0.15) is 38.5 Å². The minimum atomic E-state index is 0. The van der Waals surface area contributed by atoms with Crippen LogP contribution in [0, 0.1) is 11.8 Å². The van der Waals surface area contributed by atoms with Crippen molar-refractivity contribution in [3.63, 3.8) is 0 Å². The molecule has 2 aliphatic heterocycles. The molecule has 0 aliphatic carbocycles. The zero-order chi connectivity index (χ0) is 12.6. The first-order chi connectivity index (χ1) is 8.84. The van der Waals surface area contributed by atoms with E-state index in [4.69, 9.17) is 0 Å². The smallest absolute Gasteiger partial charge is 0.220 e. The molecule has 0 saturated carbocycles. The maximum absolute atomic E-state index is 11.8. The molecule has 2 aliphatic rings. The van der Waals surface area contributed by atoms with Gasteiger partial charge < -0.3 is 10.6 Å². The first-order valence-electron chi connectivity index (χ1n) is 7.40. The Morgan fingerprint density at radius 2 is 1.79 bits per heavy atom. The summed E-state index contributed by atoms with van der Waals surface area (Å²) in [6.45, 7) is 3.17. The van der Waals surface area contributed by atoms with Gasteiger partial charge in [0, 0.05) is 13.0 Å². The molecule has 0 atom stereocenters. The average molecular weight is 307 g/mol. The molecule has 19 heavy (non-hydrogen) atoms. The van der Waals surface area contributed by atoms with Crippen molar-refractivity contribution in [3.8, 4) is 0 Å². The lowest BCUT2D eigenvalue weighted by molar-refractivity contribution is -0.121. The summed E-state index contributed by atoms with van der Waals surface area (Å²) in [7, 11) is 0. The molecule has 3 nitrogen and oxygen atoms in total. The molecule has 0 aromatic carbocycles. The molecule has 0 aromatic rings. The molecule has 2 saturated heterocycles. The molecular weight excluding hydrogens is 280 g/mol. The number of hydrogen-bond donors (Lipinski definition) is 2. The van der Waals surface area contributed by atoms with Crippen molar-refractivity contribution in [2.75, 3.05) is 31.1 Å². The minimum Gasteiger partial charge on any atom is -0.356 e. The molecule has 0 unspecified atom stereocenters. The van der Waals surface area contributed by atoms with Crippen LogP contribution in [-0.4, -0.2) is 37.0 Å². The summed E-state index contributed by atoms with van der Waals surface area (Å²) in [5.41, 5.74) is 0. The van der Waals surface area contributed by atoms with Crippen LogP contribution in [0.5, 0.6) is 0 Å². The number of carbonyl (C=O) groups excluding carboxylic acids is 1. The topological polar surface area (TPSA) is 41.1 Å². The minimum absolute atomic E-state index is 0. The Morgan fingerprint density at radius 3 is 2.47 bits per heavy atom. The van der Waals surface area contributed by atoms with Gasteiger partial charge in [-0.15, -0.1) is 12.4 Å². The van der Waals surface area contributed by atoms with Crippen molar-refractivity contribution in [1.82, 2.24) is 10.6 Å². The van der Waals surface area contributed by atoms with Crippen molar-refractivity contribution in [1.29, 1.82) is 0 Å². The first kappa shape index (κ1) is 17.1. The summed E-state index contributed by atoms with van der Waals surface area (Å²) < 4.78 is 0. The van der Waals surface area contributed by atoms with E-state index in [1.54, 1.807) is 0 Å². The predicted molar refractivity (Wildman–Crippen MR) is 85.1 cm³/mol. The second-order valence-corrected chi connectivity index (χ2v) is 6.82. The quantitative estimate of drug-likeness (QED) is 0.820. The summed E-state index contributed by atoms with van der Waals surface area (Å²) in [5.74, 6) is 4.31. The zero-order valence-corrected chi connectivity index (χ0v) is 13.3. The fourth-order valence-corrected chi connectivity index (χ4v) is 4.01. The Hall–Kier alpha value is 0.0700. The third kappa shape index (κ3) is 6.87. The highest BCUT2D eigenvalue weighted by molar-refractivity contribution is 7.99. The number of amides is 1. The number of hydrogen-bond acceptors (Lipinski definition) is 3. The van der Waals surface area contributed by atoms with Gasteiger partial charge in [0.1, 0.15) is 0 Å². The number of thioether (sulfide) groups is 1. The fraction of sp³-hybridized carbons (Fsp3) is 0.929. The third-order valence-corrected chi connectivity index (χ3v) is 5.22. The SMILES string of the molecule is Cl.O=C(CCC1CCNCC1)NCC1CCSCC1. The number of carbonyl (C=O) groups is 1. The second-order valence-electron chi connectivity index (χ2n) is 5.59. The summed E-state index contributed by atoms with van der Waals surface area (Å²) >= 11 is 2.04. The number of piperidine rings is 1. The van der Waals surface area contributed by atoms with E-state index in [0.29, 0.717) is 0 Å². The Labute approximate surface area is 127 Å². The number of nitrogens with one attached hydrogen (secondary N) is 2. The summed E-state index contributed by atoms with van der Waals surface area (Å²) in [6.07, 6.45) is 6.85. The molecular formula is C14H27ClN2OS. The van der Waals surface area contributed by atoms with Crippen molar-refractivity contribution >= 4 is 30.1 Å². The van der Waals surface area contributed by atoms with Gasteiger partial charge in [0.2, 0.25) is 5.91 Å². The van der Waals surface area contributed by atoms with Gasteiger partial charge in [-0.05, 0) is 68.5 Å². The van der Waals surface area contributed by atoms with Crippen molar-refractivity contribution < 1.29 is 4.79 Å². The Balaban J connectivity index is 0.00000180.